The van der Waals surface area contributed by atoms with Crippen LogP contribution in [-0.4, -0.2) is 30.7 Å². The highest BCUT2D eigenvalue weighted by molar-refractivity contribution is 5.81. The zero-order valence-corrected chi connectivity index (χ0v) is 12.7. The molecule has 0 aliphatic rings. The molecule has 1 aromatic heterocycles. The summed E-state index contributed by atoms with van der Waals surface area (Å²) in [4.78, 5) is 58.5. The molecule has 0 saturated carbocycles. The Morgan fingerprint density at radius 1 is 1.00 bits per heavy atom. The highest BCUT2D eigenvalue weighted by Crippen LogP contribution is 1.91. The number of rotatable bonds is 7. The smallest absolute Gasteiger partial charge is 0.341 e. The Bertz CT molecular complexity index is 780. The molecule has 1 unspecified atom stereocenters. The topological polar surface area (TPSA) is 139 Å². The molecule has 0 radical (unpaired) electrons. The number of hydrogen-bond donors (Lipinski definition) is 1. The molecule has 24 heavy (non-hydrogen) atoms. The summed E-state index contributed by atoms with van der Waals surface area (Å²) in [6.07, 6.45) is 0.0218. The van der Waals surface area contributed by atoms with E-state index < -0.39 is 48.7 Å². The maximum Gasteiger partial charge on any atom is 0.341 e. The van der Waals surface area contributed by atoms with Crippen molar-refractivity contribution in [2.45, 2.75) is 26.6 Å². The van der Waals surface area contributed by atoms with Crippen LogP contribution in [-0.2, 0) is 32.5 Å². The lowest BCUT2D eigenvalue weighted by molar-refractivity contribution is -0.141. The fraction of sp³-hybridized carbons (Fsp3) is 0.308. The highest BCUT2D eigenvalue weighted by Gasteiger charge is 2.19. The first-order valence-corrected chi connectivity index (χ1v) is 6.47. The first-order valence-electron chi connectivity index (χ1n) is 6.47. The first-order chi connectivity index (χ1) is 11.2. The molecule has 0 aliphatic carbocycles. The molecule has 1 N–H and O–H groups in total. The van der Waals surface area contributed by atoms with Gasteiger partial charge < -0.3 is 14.6 Å². The van der Waals surface area contributed by atoms with Crippen molar-refractivity contribution in [3.05, 3.63) is 56.8 Å². The quantitative estimate of drug-likeness (QED) is 0.446. The lowest BCUT2D eigenvalue weighted by Crippen LogP contribution is -2.55. The van der Waals surface area contributed by atoms with E-state index in [2.05, 4.69) is 22.6 Å². The van der Waals surface area contributed by atoms with Gasteiger partial charge in [-0.1, -0.05) is 13.2 Å². The van der Waals surface area contributed by atoms with Gasteiger partial charge in [-0.2, -0.15) is 0 Å². The third-order valence-electron chi connectivity index (χ3n) is 2.71. The molecule has 0 saturated heterocycles. The Balaban J connectivity index is 3.47. The van der Waals surface area contributed by atoms with Crippen molar-refractivity contribution in [1.29, 1.82) is 0 Å². The lowest BCUT2D eigenvalue weighted by atomic mass is 10.6. The predicted molar refractivity (Wildman–Crippen MR) is 78.7 cm³/mol. The van der Waals surface area contributed by atoms with Crippen LogP contribution >= 0.6 is 0 Å². The molecule has 0 fully saturated rings. The molecule has 1 rings (SSSR count). The number of ether oxygens (including phenoxy) is 2. The summed E-state index contributed by atoms with van der Waals surface area (Å²) in [5, 5.41) is 9.56. The van der Waals surface area contributed by atoms with E-state index in [1.54, 1.807) is 0 Å². The summed E-state index contributed by atoms with van der Waals surface area (Å²) in [5.41, 5.74) is -3.61. The lowest BCUT2D eigenvalue weighted by Gasteiger charge is -2.15. The Kier molecular flexibility index (Phi) is 6.18. The van der Waals surface area contributed by atoms with Crippen LogP contribution in [0, 0.1) is 0 Å². The second-order valence-corrected chi connectivity index (χ2v) is 4.30. The Labute approximate surface area is 134 Å². The second-order valence-electron chi connectivity index (χ2n) is 4.30. The largest absolute Gasteiger partial charge is 0.440 e. The summed E-state index contributed by atoms with van der Waals surface area (Å²) in [6.45, 7) is 5.74. The zero-order chi connectivity index (χ0) is 18.4. The van der Waals surface area contributed by atoms with Gasteiger partial charge in [-0.25, -0.2) is 37.7 Å². The summed E-state index contributed by atoms with van der Waals surface area (Å²) in [7, 11) is 0. The number of esters is 2. The van der Waals surface area contributed by atoms with Crippen LogP contribution in [0.3, 0.4) is 0 Å². The third kappa shape index (κ3) is 3.95. The molecule has 0 bridgehead atoms. The minimum absolute atomic E-state index is 0.324. The minimum atomic E-state index is -1.59. The molecule has 11 heteroatoms. The average Bonchev–Trinajstić information content (AvgIpc) is 2.53. The van der Waals surface area contributed by atoms with Crippen LogP contribution in [0.4, 0.5) is 0 Å². The van der Waals surface area contributed by atoms with Crippen molar-refractivity contribution in [3.8, 4) is 0 Å². The summed E-state index contributed by atoms with van der Waals surface area (Å²) >= 11 is 0. The number of aliphatic hydroxyl groups excluding tert-OH is 1. The van der Waals surface area contributed by atoms with E-state index in [1.807, 2.05) is 0 Å². The number of hydrogen-bond acceptors (Lipinski definition) is 8. The molecule has 1 aromatic rings. The maximum absolute atomic E-state index is 12.2. The van der Waals surface area contributed by atoms with Crippen LogP contribution in [0.15, 0.2) is 39.7 Å². The Morgan fingerprint density at radius 3 is 1.67 bits per heavy atom. The number of nitrogens with zero attached hydrogens (tertiary/aromatic N) is 3. The average molecular weight is 341 g/mol. The van der Waals surface area contributed by atoms with Crippen LogP contribution in [0.1, 0.15) is 13.2 Å². The standard InChI is InChI=1S/C13H15N3O8/c1-4-9(18)23-6-14-11(20)15(7-24-10(19)5-2)13(22)16(8(3)17)12(14)21/h4-5,8,17H,1-2,6-7H2,3H3. The van der Waals surface area contributed by atoms with Gasteiger partial charge in [-0.05, 0) is 6.92 Å². The van der Waals surface area contributed by atoms with E-state index in [4.69, 9.17) is 0 Å². The van der Waals surface area contributed by atoms with Crippen molar-refractivity contribution in [1.82, 2.24) is 13.7 Å². The predicted octanol–water partition coefficient (Wildman–Crippen LogP) is -1.94. The van der Waals surface area contributed by atoms with Crippen molar-refractivity contribution < 1.29 is 24.2 Å². The normalized spacial score (nSPS) is 11.4. The molecule has 130 valence electrons. The van der Waals surface area contributed by atoms with Crippen LogP contribution in [0.2, 0.25) is 0 Å². The van der Waals surface area contributed by atoms with Gasteiger partial charge >= 0.3 is 29.0 Å². The molecule has 0 spiro atoms. The van der Waals surface area contributed by atoms with Gasteiger partial charge in [0.15, 0.2) is 13.5 Å². The van der Waals surface area contributed by atoms with E-state index in [9.17, 15) is 29.1 Å². The molecule has 0 amide bonds. The van der Waals surface area contributed by atoms with Gasteiger partial charge in [0, 0.05) is 12.2 Å². The summed E-state index contributed by atoms with van der Waals surface area (Å²) in [5.74, 6) is -1.83. The Hall–Kier alpha value is -3.21. The zero-order valence-electron chi connectivity index (χ0n) is 12.7. The first kappa shape index (κ1) is 18.8. The number of carbonyl (C=O) groups is 2. The molecule has 0 aromatic carbocycles. The van der Waals surface area contributed by atoms with Gasteiger partial charge in [0.25, 0.3) is 0 Å². The summed E-state index contributed by atoms with van der Waals surface area (Å²) in [6, 6.07) is 0. The van der Waals surface area contributed by atoms with Crippen LogP contribution in [0.25, 0.3) is 0 Å². The van der Waals surface area contributed by atoms with E-state index in [0.717, 1.165) is 19.1 Å². The van der Waals surface area contributed by atoms with Gasteiger partial charge in [-0.3, -0.25) is 0 Å². The molecular formula is C13H15N3O8. The van der Waals surface area contributed by atoms with E-state index >= 15 is 0 Å². The van der Waals surface area contributed by atoms with E-state index in [0.29, 0.717) is 13.7 Å². The van der Waals surface area contributed by atoms with Crippen molar-refractivity contribution in [2.75, 3.05) is 0 Å². The molecular weight excluding hydrogens is 326 g/mol. The third-order valence-corrected chi connectivity index (χ3v) is 2.71. The minimum Gasteiger partial charge on any atom is -0.440 e. The van der Waals surface area contributed by atoms with Crippen molar-refractivity contribution in [3.63, 3.8) is 0 Å². The monoisotopic (exact) mass is 341 g/mol. The molecule has 1 atom stereocenters. The maximum atomic E-state index is 12.2. The number of aliphatic hydroxyl groups is 1. The van der Waals surface area contributed by atoms with Gasteiger partial charge in [0.05, 0.1) is 0 Å². The van der Waals surface area contributed by atoms with Crippen LogP contribution in [0.5, 0.6) is 0 Å². The van der Waals surface area contributed by atoms with Crippen molar-refractivity contribution in [2.24, 2.45) is 0 Å². The SMILES string of the molecule is C=CC(=O)OCn1c(=O)n(COC(=O)C=C)c(=O)n(C(C)O)c1=O. The molecule has 11 nitrogen and oxygen atoms in total. The fourth-order valence-electron chi connectivity index (χ4n) is 1.57. The Morgan fingerprint density at radius 2 is 1.38 bits per heavy atom. The fourth-order valence-corrected chi connectivity index (χ4v) is 1.57. The van der Waals surface area contributed by atoms with Gasteiger partial charge in [-0.15, -0.1) is 0 Å². The molecule has 1 heterocycles. The molecule has 0 aliphatic heterocycles. The van der Waals surface area contributed by atoms with Gasteiger partial charge in [0.1, 0.15) is 6.23 Å². The van der Waals surface area contributed by atoms with Gasteiger partial charge in [0.2, 0.25) is 0 Å². The summed E-state index contributed by atoms with van der Waals surface area (Å²) < 4.78 is 10.2. The second kappa shape index (κ2) is 7.87. The van der Waals surface area contributed by atoms with Crippen LogP contribution < -0.4 is 17.1 Å². The highest BCUT2D eigenvalue weighted by atomic mass is 16.5. The number of carbonyl (C=O) groups excluding carboxylic acids is 2. The van der Waals surface area contributed by atoms with E-state index in [-0.39, 0.29) is 0 Å². The van der Waals surface area contributed by atoms with Crippen molar-refractivity contribution >= 4 is 11.9 Å². The number of aromatic nitrogens is 3. The van der Waals surface area contributed by atoms with E-state index in [1.165, 1.54) is 0 Å².